The smallest absolute Gasteiger partial charge is 0.135 e. The Morgan fingerprint density at radius 3 is 2.37 bits per heavy atom. The van der Waals surface area contributed by atoms with Gasteiger partial charge in [-0.25, -0.2) is 8.78 Å². The van der Waals surface area contributed by atoms with Gasteiger partial charge in [-0.05, 0) is 67.0 Å². The van der Waals surface area contributed by atoms with Crippen LogP contribution in [0.25, 0.3) is 11.3 Å². The highest BCUT2D eigenvalue weighted by molar-refractivity contribution is 5.61. The summed E-state index contributed by atoms with van der Waals surface area (Å²) in [5.74, 6) is 0.151. The van der Waals surface area contributed by atoms with Gasteiger partial charge in [0.05, 0.1) is 11.3 Å². The minimum Gasteiger partial charge on any atom is -0.371 e. The molecule has 1 aliphatic rings. The quantitative estimate of drug-likeness (QED) is 0.544. The van der Waals surface area contributed by atoms with Crippen molar-refractivity contribution in [3.05, 3.63) is 77.8 Å². The minimum absolute atomic E-state index is 0.0716. The van der Waals surface area contributed by atoms with E-state index in [-0.39, 0.29) is 5.56 Å². The lowest BCUT2D eigenvalue weighted by atomic mass is 9.91. The van der Waals surface area contributed by atoms with Crippen LogP contribution in [0.15, 0.2) is 54.9 Å². The second kappa shape index (κ2) is 8.90. The Labute approximate surface area is 176 Å². The number of piperidine rings is 1. The maximum atomic E-state index is 14.1. The number of aromatic nitrogens is 2. The average Bonchev–Trinajstić information content (AvgIpc) is 2.72. The first-order valence-electron chi connectivity index (χ1n) is 10.6. The lowest BCUT2D eigenvalue weighted by Gasteiger charge is -2.37. The normalized spacial score (nSPS) is 19.1. The van der Waals surface area contributed by atoms with Gasteiger partial charge in [-0.3, -0.25) is 9.97 Å². The molecule has 0 spiro atoms. The van der Waals surface area contributed by atoms with E-state index in [0.717, 1.165) is 25.2 Å². The van der Waals surface area contributed by atoms with Crippen LogP contribution in [0, 0.1) is 23.5 Å². The Morgan fingerprint density at radius 1 is 0.933 bits per heavy atom. The Bertz CT molecular complexity index is 991. The molecular formula is C25H27F2N3. The predicted molar refractivity (Wildman–Crippen MR) is 116 cm³/mol. The summed E-state index contributed by atoms with van der Waals surface area (Å²) in [6.45, 7) is 6.73. The van der Waals surface area contributed by atoms with E-state index in [1.165, 1.54) is 35.9 Å². The van der Waals surface area contributed by atoms with Crippen molar-refractivity contribution in [2.45, 2.75) is 33.1 Å². The van der Waals surface area contributed by atoms with Crippen molar-refractivity contribution in [2.75, 3.05) is 18.0 Å². The number of hydrogen-bond donors (Lipinski definition) is 0. The van der Waals surface area contributed by atoms with Crippen molar-refractivity contribution in [3.8, 4) is 11.3 Å². The number of anilines is 1. The van der Waals surface area contributed by atoms with Crippen molar-refractivity contribution in [1.29, 1.82) is 0 Å². The monoisotopic (exact) mass is 407 g/mol. The molecule has 2 aromatic heterocycles. The molecule has 3 aromatic rings. The summed E-state index contributed by atoms with van der Waals surface area (Å²) in [5, 5.41) is 0. The molecular weight excluding hydrogens is 380 g/mol. The van der Waals surface area contributed by atoms with Gasteiger partial charge in [0, 0.05) is 36.9 Å². The van der Waals surface area contributed by atoms with Crippen LogP contribution < -0.4 is 4.90 Å². The molecule has 0 N–H and O–H groups in total. The van der Waals surface area contributed by atoms with Crippen LogP contribution in [0.3, 0.4) is 0 Å². The molecule has 30 heavy (non-hydrogen) atoms. The number of rotatable bonds is 5. The van der Waals surface area contributed by atoms with Crippen LogP contribution in [0.1, 0.15) is 31.5 Å². The Morgan fingerprint density at radius 2 is 1.63 bits per heavy atom. The third-order valence-corrected chi connectivity index (χ3v) is 5.76. The van der Waals surface area contributed by atoms with Crippen LogP contribution >= 0.6 is 0 Å². The largest absolute Gasteiger partial charge is 0.371 e. The molecule has 0 saturated carbocycles. The number of hydrogen-bond acceptors (Lipinski definition) is 3. The van der Waals surface area contributed by atoms with Crippen LogP contribution in [-0.2, 0) is 12.8 Å². The Hall–Kier alpha value is -2.82. The van der Waals surface area contributed by atoms with Crippen LogP contribution in [0.4, 0.5) is 14.5 Å². The van der Waals surface area contributed by atoms with Crippen molar-refractivity contribution in [1.82, 2.24) is 9.97 Å². The molecule has 0 unspecified atom stereocenters. The molecule has 3 heterocycles. The van der Waals surface area contributed by atoms with Crippen LogP contribution in [-0.4, -0.2) is 23.1 Å². The number of benzene rings is 1. The summed E-state index contributed by atoms with van der Waals surface area (Å²) in [7, 11) is 0. The molecule has 1 aromatic carbocycles. The van der Waals surface area contributed by atoms with Gasteiger partial charge in [0.2, 0.25) is 0 Å². The van der Waals surface area contributed by atoms with E-state index in [4.69, 9.17) is 0 Å². The van der Waals surface area contributed by atoms with Crippen molar-refractivity contribution >= 4 is 5.69 Å². The number of nitrogens with zero attached hydrogens (tertiary/aromatic N) is 3. The Balaban J connectivity index is 1.54. The fourth-order valence-electron chi connectivity index (χ4n) is 4.54. The van der Waals surface area contributed by atoms with Gasteiger partial charge < -0.3 is 4.90 Å². The van der Waals surface area contributed by atoms with Gasteiger partial charge in [0.15, 0.2) is 0 Å². The fraction of sp³-hybridized carbons (Fsp3) is 0.360. The highest BCUT2D eigenvalue weighted by atomic mass is 19.1. The summed E-state index contributed by atoms with van der Waals surface area (Å²) in [4.78, 5) is 11.3. The average molecular weight is 408 g/mol. The molecule has 1 aliphatic heterocycles. The second-order valence-electron chi connectivity index (χ2n) is 8.47. The fourth-order valence-corrected chi connectivity index (χ4v) is 4.54. The van der Waals surface area contributed by atoms with Crippen molar-refractivity contribution in [2.24, 2.45) is 11.8 Å². The molecule has 4 rings (SSSR count). The van der Waals surface area contributed by atoms with Crippen molar-refractivity contribution < 1.29 is 8.78 Å². The van der Waals surface area contributed by atoms with E-state index >= 15 is 0 Å². The molecule has 2 atom stereocenters. The first-order chi connectivity index (χ1) is 14.5. The third kappa shape index (κ3) is 4.50. The molecule has 0 aliphatic carbocycles. The lowest BCUT2D eigenvalue weighted by molar-refractivity contribution is 0.356. The second-order valence-corrected chi connectivity index (χ2v) is 8.47. The third-order valence-electron chi connectivity index (χ3n) is 5.76. The maximum absolute atomic E-state index is 14.1. The van der Waals surface area contributed by atoms with Crippen LogP contribution in [0.2, 0.25) is 0 Å². The van der Waals surface area contributed by atoms with Gasteiger partial charge in [0.1, 0.15) is 11.6 Å². The molecule has 1 fully saturated rings. The van der Waals surface area contributed by atoms with E-state index in [1.807, 2.05) is 24.5 Å². The van der Waals surface area contributed by atoms with Gasteiger partial charge in [-0.1, -0.05) is 26.0 Å². The van der Waals surface area contributed by atoms with Crippen LogP contribution in [0.5, 0.6) is 0 Å². The summed E-state index contributed by atoms with van der Waals surface area (Å²) in [6.07, 6.45) is 6.50. The zero-order chi connectivity index (χ0) is 21.1. The highest BCUT2D eigenvalue weighted by Crippen LogP contribution is 2.29. The molecule has 0 bridgehead atoms. The van der Waals surface area contributed by atoms with E-state index in [0.29, 0.717) is 24.0 Å². The van der Waals surface area contributed by atoms with Gasteiger partial charge in [-0.2, -0.15) is 0 Å². The minimum atomic E-state index is -0.595. The van der Waals surface area contributed by atoms with Crippen molar-refractivity contribution in [3.63, 3.8) is 0 Å². The molecule has 156 valence electrons. The molecule has 3 nitrogen and oxygen atoms in total. The summed E-state index contributed by atoms with van der Waals surface area (Å²) in [5.41, 5.74) is 3.49. The molecule has 0 radical (unpaired) electrons. The number of aryl methyl sites for hydroxylation is 2. The standard InChI is InChI=1S/C25H27F2N3/c1-17-13-18(2)16-30(15-17)24-11-12-28-14-19(24)9-10-20-5-3-8-23(29-20)25-21(26)6-4-7-22(25)27/h3-8,11-12,14,17-18H,9-10,13,15-16H2,1-2H3/t17-,18+. The zero-order valence-corrected chi connectivity index (χ0v) is 17.5. The van der Waals surface area contributed by atoms with E-state index in [2.05, 4.69) is 34.8 Å². The topological polar surface area (TPSA) is 29.0 Å². The number of pyridine rings is 2. The maximum Gasteiger partial charge on any atom is 0.135 e. The molecule has 0 amide bonds. The SMILES string of the molecule is C[C@@H]1C[C@H](C)CN(c2ccncc2CCc2cccc(-c3c(F)cccc3F)n2)C1. The van der Waals surface area contributed by atoms with E-state index in [1.54, 1.807) is 6.07 Å². The van der Waals surface area contributed by atoms with Gasteiger partial charge in [0.25, 0.3) is 0 Å². The van der Waals surface area contributed by atoms with E-state index in [9.17, 15) is 8.78 Å². The summed E-state index contributed by atoms with van der Waals surface area (Å²) in [6, 6.07) is 11.3. The predicted octanol–water partition coefficient (Wildman–Crippen LogP) is 5.69. The zero-order valence-electron chi connectivity index (χ0n) is 17.5. The Kier molecular flexibility index (Phi) is 6.07. The molecule has 5 heteroatoms. The van der Waals surface area contributed by atoms with Gasteiger partial charge >= 0.3 is 0 Å². The summed E-state index contributed by atoms with van der Waals surface area (Å²) < 4.78 is 28.3. The number of halogens is 2. The summed E-state index contributed by atoms with van der Waals surface area (Å²) >= 11 is 0. The molecule has 1 saturated heterocycles. The lowest BCUT2D eigenvalue weighted by Crippen LogP contribution is -2.39. The first kappa shape index (κ1) is 20.5. The van der Waals surface area contributed by atoms with E-state index < -0.39 is 11.6 Å². The first-order valence-corrected chi connectivity index (χ1v) is 10.6. The highest BCUT2D eigenvalue weighted by Gasteiger charge is 2.23. The van der Waals surface area contributed by atoms with Gasteiger partial charge in [-0.15, -0.1) is 0 Å².